The van der Waals surface area contributed by atoms with Gasteiger partial charge in [0.2, 0.25) is 0 Å². The zero-order valence-corrected chi connectivity index (χ0v) is 10.3. The minimum Gasteiger partial charge on any atom is -0.345 e. The molecule has 0 atom stereocenters. The van der Waals surface area contributed by atoms with Crippen molar-refractivity contribution in [2.24, 2.45) is 7.05 Å². The van der Waals surface area contributed by atoms with Crippen molar-refractivity contribution < 1.29 is 4.79 Å². The Bertz CT molecular complexity index is 595. The molecule has 2 heterocycles. The highest BCUT2D eigenvalue weighted by Crippen LogP contribution is 2.02. The normalized spacial score (nSPS) is 10.5. The molecule has 0 saturated heterocycles. The third-order valence-electron chi connectivity index (χ3n) is 2.29. The van der Waals surface area contributed by atoms with Crippen LogP contribution in [0.5, 0.6) is 0 Å². The van der Waals surface area contributed by atoms with Crippen LogP contribution in [-0.4, -0.2) is 20.7 Å². The van der Waals surface area contributed by atoms with Gasteiger partial charge in [0, 0.05) is 12.4 Å². The van der Waals surface area contributed by atoms with Crippen LogP contribution in [0.3, 0.4) is 0 Å². The first-order valence-electron chi connectivity index (χ1n) is 5.02. The summed E-state index contributed by atoms with van der Waals surface area (Å²) in [5.41, 5.74) is 2.10. The van der Waals surface area contributed by atoms with E-state index in [1.54, 1.807) is 4.68 Å². The molecule has 0 aliphatic carbocycles. The molecule has 0 fully saturated rings. The Morgan fingerprint density at radius 2 is 2.41 bits per heavy atom. The van der Waals surface area contributed by atoms with Gasteiger partial charge >= 0.3 is 4.87 Å². The molecular formula is C10H12N4O2S. The number of carbonyl (C=O) groups excluding carboxylic acids is 1. The molecule has 0 saturated carbocycles. The molecule has 17 heavy (non-hydrogen) atoms. The Morgan fingerprint density at radius 1 is 1.65 bits per heavy atom. The van der Waals surface area contributed by atoms with Crippen molar-refractivity contribution in [1.29, 1.82) is 0 Å². The largest absolute Gasteiger partial charge is 0.345 e. The smallest absolute Gasteiger partial charge is 0.305 e. The molecule has 2 aromatic heterocycles. The predicted octanol–water partition coefficient (Wildman–Crippen LogP) is 0.408. The lowest BCUT2D eigenvalue weighted by Gasteiger charge is -2.03. The van der Waals surface area contributed by atoms with Gasteiger partial charge in [-0.3, -0.25) is 14.3 Å². The summed E-state index contributed by atoms with van der Waals surface area (Å²) in [5.74, 6) is -0.290. The van der Waals surface area contributed by atoms with Crippen LogP contribution in [0.15, 0.2) is 16.2 Å². The number of aromatic amines is 1. The van der Waals surface area contributed by atoms with Gasteiger partial charge in [0.25, 0.3) is 5.91 Å². The molecule has 0 spiro atoms. The first-order chi connectivity index (χ1) is 8.06. The van der Waals surface area contributed by atoms with Gasteiger partial charge in [0.05, 0.1) is 17.9 Å². The SMILES string of the molecule is Cc1cc(CNC(=O)c2csc(=O)[nH]2)n(C)n1. The average molecular weight is 252 g/mol. The van der Waals surface area contributed by atoms with Crippen LogP contribution < -0.4 is 10.2 Å². The summed E-state index contributed by atoms with van der Waals surface area (Å²) in [6, 6.07) is 1.90. The van der Waals surface area contributed by atoms with Crippen molar-refractivity contribution in [2.75, 3.05) is 0 Å². The van der Waals surface area contributed by atoms with Crippen LogP contribution in [0.2, 0.25) is 0 Å². The molecule has 6 nitrogen and oxygen atoms in total. The number of amides is 1. The molecule has 90 valence electrons. The van der Waals surface area contributed by atoms with E-state index in [9.17, 15) is 9.59 Å². The van der Waals surface area contributed by atoms with Gasteiger partial charge in [-0.25, -0.2) is 0 Å². The zero-order chi connectivity index (χ0) is 12.4. The van der Waals surface area contributed by atoms with Gasteiger partial charge in [0.1, 0.15) is 5.69 Å². The van der Waals surface area contributed by atoms with Gasteiger partial charge in [0.15, 0.2) is 0 Å². The second-order valence-corrected chi connectivity index (χ2v) is 4.49. The Kier molecular flexibility index (Phi) is 3.10. The fraction of sp³-hybridized carbons (Fsp3) is 0.300. The molecule has 0 aliphatic rings. The molecule has 7 heteroatoms. The Hall–Kier alpha value is -1.89. The maximum absolute atomic E-state index is 11.6. The Balaban J connectivity index is 2.01. The van der Waals surface area contributed by atoms with Crippen LogP contribution in [0.1, 0.15) is 21.9 Å². The lowest BCUT2D eigenvalue weighted by Crippen LogP contribution is -2.24. The van der Waals surface area contributed by atoms with Crippen LogP contribution in [-0.2, 0) is 13.6 Å². The van der Waals surface area contributed by atoms with E-state index >= 15 is 0 Å². The minimum absolute atomic E-state index is 0.230. The second-order valence-electron chi connectivity index (χ2n) is 3.65. The lowest BCUT2D eigenvalue weighted by molar-refractivity contribution is 0.0945. The summed E-state index contributed by atoms with van der Waals surface area (Å²) in [7, 11) is 1.82. The number of aryl methyl sites for hydroxylation is 2. The Labute approximate surface area is 101 Å². The molecule has 0 aromatic carbocycles. The van der Waals surface area contributed by atoms with Crippen molar-refractivity contribution in [3.8, 4) is 0 Å². The van der Waals surface area contributed by atoms with E-state index < -0.39 is 0 Å². The molecule has 2 N–H and O–H groups in total. The highest BCUT2D eigenvalue weighted by Gasteiger charge is 2.09. The Morgan fingerprint density at radius 3 is 2.94 bits per heavy atom. The van der Waals surface area contributed by atoms with Gasteiger partial charge < -0.3 is 10.3 Å². The summed E-state index contributed by atoms with van der Waals surface area (Å²) in [5, 5.41) is 8.40. The zero-order valence-electron chi connectivity index (χ0n) is 9.48. The van der Waals surface area contributed by atoms with Crippen molar-refractivity contribution in [3.63, 3.8) is 0 Å². The molecule has 2 rings (SSSR count). The van der Waals surface area contributed by atoms with Gasteiger partial charge in [-0.1, -0.05) is 11.3 Å². The molecule has 0 radical (unpaired) electrons. The molecular weight excluding hydrogens is 240 g/mol. The molecule has 2 aromatic rings. The number of hydrogen-bond acceptors (Lipinski definition) is 4. The van der Waals surface area contributed by atoms with E-state index in [-0.39, 0.29) is 10.8 Å². The van der Waals surface area contributed by atoms with Crippen molar-refractivity contribution >= 4 is 17.2 Å². The van der Waals surface area contributed by atoms with Crippen LogP contribution >= 0.6 is 11.3 Å². The maximum atomic E-state index is 11.6. The monoisotopic (exact) mass is 252 g/mol. The standard InChI is InChI=1S/C10H12N4O2S/c1-6-3-7(14(2)13-6)4-11-9(15)8-5-17-10(16)12-8/h3,5H,4H2,1-2H3,(H,11,15)(H,12,16). The molecule has 0 unspecified atom stereocenters. The highest BCUT2D eigenvalue weighted by atomic mass is 32.1. The summed E-state index contributed by atoms with van der Waals surface area (Å²) in [6.07, 6.45) is 0. The average Bonchev–Trinajstić information content (AvgIpc) is 2.82. The minimum atomic E-state index is -0.290. The number of thiazole rings is 1. The van der Waals surface area contributed by atoms with E-state index in [0.717, 1.165) is 22.7 Å². The highest BCUT2D eigenvalue weighted by molar-refractivity contribution is 7.07. The number of carbonyl (C=O) groups is 1. The number of aromatic nitrogens is 3. The summed E-state index contributed by atoms with van der Waals surface area (Å²) in [4.78, 5) is 24.8. The molecule has 0 bridgehead atoms. The number of nitrogens with zero attached hydrogens (tertiary/aromatic N) is 2. The van der Waals surface area contributed by atoms with Crippen LogP contribution in [0, 0.1) is 6.92 Å². The maximum Gasteiger partial charge on any atom is 0.305 e. The third-order valence-corrected chi connectivity index (χ3v) is 2.96. The van der Waals surface area contributed by atoms with E-state index in [2.05, 4.69) is 15.4 Å². The predicted molar refractivity (Wildman–Crippen MR) is 64.1 cm³/mol. The third kappa shape index (κ3) is 2.62. The number of H-pyrrole nitrogens is 1. The quantitative estimate of drug-likeness (QED) is 0.830. The van der Waals surface area contributed by atoms with Gasteiger partial charge in [-0.15, -0.1) is 0 Å². The van der Waals surface area contributed by atoms with Crippen molar-refractivity contribution in [2.45, 2.75) is 13.5 Å². The van der Waals surface area contributed by atoms with E-state index in [1.807, 2.05) is 20.0 Å². The fourth-order valence-corrected chi connectivity index (χ4v) is 2.05. The lowest BCUT2D eigenvalue weighted by atomic mass is 10.3. The van der Waals surface area contributed by atoms with E-state index in [1.165, 1.54) is 5.38 Å². The van der Waals surface area contributed by atoms with Crippen LogP contribution in [0.25, 0.3) is 0 Å². The van der Waals surface area contributed by atoms with Crippen molar-refractivity contribution in [1.82, 2.24) is 20.1 Å². The van der Waals surface area contributed by atoms with Gasteiger partial charge in [-0.05, 0) is 13.0 Å². The first kappa shape index (κ1) is 11.6. The number of rotatable bonds is 3. The molecule has 1 amide bonds. The fourth-order valence-electron chi connectivity index (χ4n) is 1.49. The second kappa shape index (κ2) is 4.54. The topological polar surface area (TPSA) is 79.8 Å². The summed E-state index contributed by atoms with van der Waals surface area (Å²) >= 11 is 0.972. The van der Waals surface area contributed by atoms with Crippen molar-refractivity contribution in [3.05, 3.63) is 38.2 Å². The number of nitrogens with one attached hydrogen (secondary N) is 2. The van der Waals surface area contributed by atoms with Crippen LogP contribution in [0.4, 0.5) is 0 Å². The van der Waals surface area contributed by atoms with E-state index in [0.29, 0.717) is 12.2 Å². The first-order valence-corrected chi connectivity index (χ1v) is 5.90. The number of hydrogen-bond donors (Lipinski definition) is 2. The van der Waals surface area contributed by atoms with Gasteiger partial charge in [-0.2, -0.15) is 5.10 Å². The van der Waals surface area contributed by atoms with E-state index in [4.69, 9.17) is 0 Å². The molecule has 0 aliphatic heterocycles. The summed E-state index contributed by atoms with van der Waals surface area (Å²) in [6.45, 7) is 2.27. The summed E-state index contributed by atoms with van der Waals surface area (Å²) < 4.78 is 1.71.